The highest BCUT2D eigenvalue weighted by Crippen LogP contribution is 2.37. The zero-order valence-electron chi connectivity index (χ0n) is 14.2. The average Bonchev–Trinajstić information content (AvgIpc) is 3.12. The summed E-state index contributed by atoms with van der Waals surface area (Å²) in [4.78, 5) is 20.5. The van der Waals surface area contributed by atoms with Gasteiger partial charge in [0.2, 0.25) is 11.6 Å². The van der Waals surface area contributed by atoms with Crippen molar-refractivity contribution in [1.82, 2.24) is 14.9 Å². The third kappa shape index (κ3) is 3.08. The number of carboxylic acid groups (broad SMARTS) is 1. The Morgan fingerprint density at radius 1 is 1.33 bits per heavy atom. The Bertz CT molecular complexity index is 1070. The number of alkyl halides is 1. The number of hydrogen-bond acceptors (Lipinski definition) is 5. The van der Waals surface area contributed by atoms with E-state index in [2.05, 4.69) is 9.97 Å². The van der Waals surface area contributed by atoms with Gasteiger partial charge in [0.15, 0.2) is 5.58 Å². The lowest BCUT2D eigenvalue weighted by Gasteiger charge is -2.33. The third-order valence-electron chi connectivity index (χ3n) is 4.69. The topological polar surface area (TPSA) is 103 Å². The van der Waals surface area contributed by atoms with E-state index in [1.54, 1.807) is 36.5 Å². The van der Waals surface area contributed by atoms with Crippen molar-refractivity contribution in [3.63, 3.8) is 0 Å². The highest BCUT2D eigenvalue weighted by Gasteiger charge is 2.43. The number of fused-ring (bicyclic) bond motifs is 1. The lowest BCUT2D eigenvalue weighted by molar-refractivity contribution is 0.0248. The van der Waals surface area contributed by atoms with Gasteiger partial charge in [-0.05, 0) is 48.2 Å². The fourth-order valence-electron chi connectivity index (χ4n) is 3.32. The third-order valence-corrected chi connectivity index (χ3v) is 4.69. The zero-order valence-corrected chi connectivity index (χ0v) is 14.2. The Morgan fingerprint density at radius 2 is 2.15 bits per heavy atom. The number of benzene rings is 1. The molecule has 1 amide bonds. The molecule has 8 heteroatoms. The highest BCUT2D eigenvalue weighted by molar-refractivity contribution is 5.80. The Hall–Kier alpha value is -3.47. The molecule has 0 bridgehead atoms. The predicted octanol–water partition coefficient (Wildman–Crippen LogP) is 3.70. The maximum absolute atomic E-state index is 15.4. The van der Waals surface area contributed by atoms with Gasteiger partial charge in [-0.15, -0.1) is 0 Å². The molecule has 0 radical (unpaired) electrons. The van der Waals surface area contributed by atoms with E-state index >= 15 is 4.39 Å². The maximum atomic E-state index is 15.4. The van der Waals surface area contributed by atoms with Crippen molar-refractivity contribution in [3.8, 4) is 17.2 Å². The molecule has 2 aromatic heterocycles. The summed E-state index contributed by atoms with van der Waals surface area (Å²) in [6, 6.07) is 10.7. The van der Waals surface area contributed by atoms with Crippen LogP contribution in [0, 0.1) is 11.3 Å². The minimum absolute atomic E-state index is 0.104. The van der Waals surface area contributed by atoms with Crippen molar-refractivity contribution < 1.29 is 18.7 Å². The van der Waals surface area contributed by atoms with Gasteiger partial charge in [-0.3, -0.25) is 0 Å². The normalized spacial score (nSPS) is 19.8. The number of nitrogens with zero attached hydrogens (tertiary/aromatic N) is 4. The number of halogens is 1. The van der Waals surface area contributed by atoms with Crippen molar-refractivity contribution in [1.29, 1.82) is 5.26 Å². The summed E-state index contributed by atoms with van der Waals surface area (Å²) in [6.07, 6.45) is 0.958. The maximum Gasteiger partial charge on any atom is 0.407 e. The number of oxazole rings is 1. The summed E-state index contributed by atoms with van der Waals surface area (Å²) in [6.45, 7) is 0.00649. The van der Waals surface area contributed by atoms with Gasteiger partial charge in [0.1, 0.15) is 17.3 Å². The van der Waals surface area contributed by atoms with Crippen LogP contribution in [0.15, 0.2) is 40.9 Å². The van der Waals surface area contributed by atoms with Crippen LogP contribution in [0.2, 0.25) is 0 Å². The summed E-state index contributed by atoms with van der Waals surface area (Å²) < 4.78 is 21.0. The molecular formula is C19H15FN4O3. The van der Waals surface area contributed by atoms with Crippen LogP contribution in [-0.4, -0.2) is 39.2 Å². The first-order chi connectivity index (χ1) is 13.0. The second kappa shape index (κ2) is 6.36. The first-order valence-electron chi connectivity index (χ1n) is 8.43. The molecule has 0 aliphatic carbocycles. The molecule has 4 rings (SSSR count). The largest absolute Gasteiger partial charge is 0.465 e. The van der Waals surface area contributed by atoms with Gasteiger partial charge in [0.25, 0.3) is 0 Å². The second-order valence-corrected chi connectivity index (χ2v) is 6.52. The number of likely N-dealkylation sites (tertiary alicyclic amines) is 1. The van der Waals surface area contributed by atoms with Crippen LogP contribution in [0.1, 0.15) is 24.4 Å². The van der Waals surface area contributed by atoms with Crippen LogP contribution in [-0.2, 0) is 5.67 Å². The number of amides is 1. The molecular weight excluding hydrogens is 351 g/mol. The number of nitriles is 1. The van der Waals surface area contributed by atoms with Crippen LogP contribution < -0.4 is 0 Å². The minimum atomic E-state index is -1.94. The molecule has 1 aliphatic rings. The first kappa shape index (κ1) is 17.0. The van der Waals surface area contributed by atoms with E-state index in [1.165, 1.54) is 0 Å². The number of carbonyl (C=O) groups is 1. The van der Waals surface area contributed by atoms with Crippen molar-refractivity contribution in [2.75, 3.05) is 13.1 Å². The molecule has 1 aromatic carbocycles. The van der Waals surface area contributed by atoms with Gasteiger partial charge >= 0.3 is 6.09 Å². The molecule has 1 saturated heterocycles. The lowest BCUT2D eigenvalue weighted by Crippen LogP contribution is -2.46. The molecule has 0 spiro atoms. The molecule has 0 saturated carbocycles. The van der Waals surface area contributed by atoms with Crippen molar-refractivity contribution in [3.05, 3.63) is 48.1 Å². The highest BCUT2D eigenvalue weighted by atomic mass is 19.1. The number of rotatable bonds is 2. The van der Waals surface area contributed by atoms with E-state index in [9.17, 15) is 4.79 Å². The number of hydrogen-bond donors (Lipinski definition) is 1. The van der Waals surface area contributed by atoms with Crippen molar-refractivity contribution in [2.45, 2.75) is 18.5 Å². The molecule has 7 nitrogen and oxygen atoms in total. The van der Waals surface area contributed by atoms with Crippen LogP contribution in [0.25, 0.3) is 22.2 Å². The number of piperidine rings is 1. The van der Waals surface area contributed by atoms with Crippen molar-refractivity contribution in [2.24, 2.45) is 0 Å². The minimum Gasteiger partial charge on any atom is -0.465 e. The summed E-state index contributed by atoms with van der Waals surface area (Å²) in [7, 11) is 0. The molecule has 1 fully saturated rings. The van der Waals surface area contributed by atoms with E-state index in [1.807, 2.05) is 6.07 Å². The summed E-state index contributed by atoms with van der Waals surface area (Å²) in [5.74, 6) is -0.104. The van der Waals surface area contributed by atoms with Crippen LogP contribution in [0.4, 0.5) is 9.18 Å². The molecule has 1 N–H and O–H groups in total. The number of pyridine rings is 1. The monoisotopic (exact) mass is 366 g/mol. The van der Waals surface area contributed by atoms with Crippen molar-refractivity contribution >= 4 is 17.2 Å². The Kier molecular flexibility index (Phi) is 4.00. The van der Waals surface area contributed by atoms with Crippen LogP contribution in [0.5, 0.6) is 0 Å². The molecule has 3 aromatic rings. The zero-order chi connectivity index (χ0) is 19.0. The average molecular weight is 366 g/mol. The smallest absolute Gasteiger partial charge is 0.407 e. The molecule has 3 heterocycles. The standard InChI is InChI=1S/C19H15FN4O3/c20-19(5-1-7-24(11-19)18(25)26)17-23-15-9-12(2-3-16(15)27-17)13-4-6-22-14(8-13)10-21/h2-4,6,8-9H,1,5,7,11H2,(H,25,26)/t19-/m1/s1. The molecule has 0 unspecified atom stereocenters. The fourth-order valence-corrected chi connectivity index (χ4v) is 3.32. The predicted molar refractivity (Wildman–Crippen MR) is 93.6 cm³/mol. The van der Waals surface area contributed by atoms with Crippen LogP contribution in [0.3, 0.4) is 0 Å². The molecule has 1 aliphatic heterocycles. The fraction of sp³-hybridized carbons (Fsp3) is 0.263. The van der Waals surface area contributed by atoms with E-state index in [0.29, 0.717) is 29.8 Å². The van der Waals surface area contributed by atoms with E-state index in [0.717, 1.165) is 16.0 Å². The molecule has 1 atom stereocenters. The Morgan fingerprint density at radius 3 is 2.93 bits per heavy atom. The summed E-state index contributed by atoms with van der Waals surface area (Å²) >= 11 is 0. The van der Waals surface area contributed by atoms with Gasteiger partial charge in [-0.2, -0.15) is 5.26 Å². The Balaban J connectivity index is 1.70. The second-order valence-electron chi connectivity index (χ2n) is 6.52. The van der Waals surface area contributed by atoms with Gasteiger partial charge in [-0.1, -0.05) is 6.07 Å². The SMILES string of the molecule is N#Cc1cc(-c2ccc3oc([C@@]4(F)CCCN(C(=O)O)C4)nc3c2)ccn1. The lowest BCUT2D eigenvalue weighted by atomic mass is 9.95. The van der Waals surface area contributed by atoms with E-state index in [4.69, 9.17) is 14.8 Å². The van der Waals surface area contributed by atoms with E-state index in [-0.39, 0.29) is 18.9 Å². The van der Waals surface area contributed by atoms with Gasteiger partial charge in [-0.25, -0.2) is 19.2 Å². The van der Waals surface area contributed by atoms with Crippen LogP contribution >= 0.6 is 0 Å². The summed E-state index contributed by atoms with van der Waals surface area (Å²) in [5, 5.41) is 18.1. The molecule has 27 heavy (non-hydrogen) atoms. The van der Waals surface area contributed by atoms with E-state index < -0.39 is 11.8 Å². The quantitative estimate of drug-likeness (QED) is 0.742. The van der Waals surface area contributed by atoms with Gasteiger partial charge < -0.3 is 14.4 Å². The van der Waals surface area contributed by atoms with Gasteiger partial charge in [0.05, 0.1) is 6.54 Å². The number of aromatic nitrogens is 2. The first-order valence-corrected chi connectivity index (χ1v) is 8.43. The van der Waals surface area contributed by atoms with Gasteiger partial charge in [0, 0.05) is 12.7 Å². The Labute approximate surface area is 153 Å². The molecule has 136 valence electrons. The summed E-state index contributed by atoms with van der Waals surface area (Å²) in [5.41, 5.74) is 0.838.